The van der Waals surface area contributed by atoms with Crippen LogP contribution in [0, 0.1) is 26.7 Å². The molecule has 1 heterocycles. The van der Waals surface area contributed by atoms with E-state index >= 15 is 0 Å². The van der Waals surface area contributed by atoms with E-state index in [9.17, 15) is 4.79 Å². The van der Waals surface area contributed by atoms with Crippen LogP contribution in [0.2, 0.25) is 0 Å². The molecule has 0 aromatic carbocycles. The molecule has 1 aromatic rings. The molecular formula is C25H40IN3O3. The Morgan fingerprint density at radius 1 is 1.16 bits per heavy atom. The van der Waals surface area contributed by atoms with Crippen LogP contribution in [0.3, 0.4) is 0 Å². The van der Waals surface area contributed by atoms with Gasteiger partial charge in [0, 0.05) is 24.3 Å². The molecule has 0 spiro atoms. The first-order chi connectivity index (χ1) is 14.7. The van der Waals surface area contributed by atoms with Gasteiger partial charge in [0.05, 0.1) is 29.1 Å². The molecule has 1 aromatic heterocycles. The molecule has 0 radical (unpaired) electrons. The fraction of sp³-hybridized carbons (Fsp3) is 0.840. The average Bonchev–Trinajstić information content (AvgIpc) is 2.92. The SMILES string of the molecule is COC(=O)N(CCOC12CC3(C)CC(C)(CC(Cn4ncc(I)c4C)(C3)C1)C2)C(C)(C)C. The molecule has 4 saturated carbocycles. The Balaban J connectivity index is 1.55. The molecule has 4 aliphatic rings. The average molecular weight is 558 g/mol. The van der Waals surface area contributed by atoms with Crippen LogP contribution in [0.4, 0.5) is 4.79 Å². The van der Waals surface area contributed by atoms with Crippen molar-refractivity contribution in [2.75, 3.05) is 20.3 Å². The Labute approximate surface area is 206 Å². The van der Waals surface area contributed by atoms with Gasteiger partial charge in [-0.2, -0.15) is 5.10 Å². The highest BCUT2D eigenvalue weighted by Crippen LogP contribution is 2.72. The lowest BCUT2D eigenvalue weighted by Gasteiger charge is -2.69. The van der Waals surface area contributed by atoms with Gasteiger partial charge in [-0.05, 0) is 105 Å². The van der Waals surface area contributed by atoms with Crippen LogP contribution in [-0.4, -0.2) is 52.2 Å². The van der Waals surface area contributed by atoms with Crippen LogP contribution in [-0.2, 0) is 16.0 Å². The zero-order valence-electron chi connectivity index (χ0n) is 20.9. The van der Waals surface area contributed by atoms with Crippen LogP contribution in [0.1, 0.15) is 78.8 Å². The monoisotopic (exact) mass is 557 g/mol. The quantitative estimate of drug-likeness (QED) is 0.415. The van der Waals surface area contributed by atoms with E-state index < -0.39 is 0 Å². The van der Waals surface area contributed by atoms with Crippen LogP contribution in [0.25, 0.3) is 0 Å². The molecule has 2 atom stereocenters. The topological polar surface area (TPSA) is 56.6 Å². The van der Waals surface area contributed by atoms with E-state index in [4.69, 9.17) is 14.6 Å². The minimum atomic E-state index is -0.300. The third kappa shape index (κ3) is 4.44. The molecule has 0 N–H and O–H groups in total. The molecule has 2 unspecified atom stereocenters. The van der Waals surface area contributed by atoms with Crippen molar-refractivity contribution in [3.05, 3.63) is 15.5 Å². The van der Waals surface area contributed by atoms with Crippen LogP contribution < -0.4 is 0 Å². The predicted molar refractivity (Wildman–Crippen MR) is 134 cm³/mol. The molecule has 180 valence electrons. The number of hydrogen-bond acceptors (Lipinski definition) is 4. The number of nitrogens with zero attached hydrogens (tertiary/aromatic N) is 3. The van der Waals surface area contributed by atoms with Gasteiger partial charge in [-0.1, -0.05) is 13.8 Å². The van der Waals surface area contributed by atoms with E-state index in [0.29, 0.717) is 24.0 Å². The first-order valence-corrected chi connectivity index (χ1v) is 13.0. The maximum absolute atomic E-state index is 12.3. The van der Waals surface area contributed by atoms with Crippen molar-refractivity contribution in [2.24, 2.45) is 16.2 Å². The molecule has 4 bridgehead atoms. The molecule has 4 fully saturated rings. The Morgan fingerprint density at radius 2 is 1.78 bits per heavy atom. The Bertz CT molecular complexity index is 871. The van der Waals surface area contributed by atoms with Crippen LogP contribution in [0.5, 0.6) is 0 Å². The summed E-state index contributed by atoms with van der Waals surface area (Å²) in [5, 5.41) is 4.71. The summed E-state index contributed by atoms with van der Waals surface area (Å²) in [5.74, 6) is 0. The number of halogens is 1. The summed E-state index contributed by atoms with van der Waals surface area (Å²) in [4.78, 5) is 14.1. The van der Waals surface area contributed by atoms with E-state index in [0.717, 1.165) is 25.8 Å². The summed E-state index contributed by atoms with van der Waals surface area (Å²) in [6, 6.07) is 0. The second kappa shape index (κ2) is 7.85. The molecule has 1 amide bonds. The van der Waals surface area contributed by atoms with Crippen molar-refractivity contribution < 1.29 is 14.3 Å². The highest BCUT2D eigenvalue weighted by molar-refractivity contribution is 14.1. The number of aromatic nitrogens is 2. The summed E-state index contributed by atoms with van der Waals surface area (Å²) in [6.07, 6.45) is 8.85. The maximum atomic E-state index is 12.3. The van der Waals surface area contributed by atoms with E-state index in [1.54, 1.807) is 4.90 Å². The molecule has 7 heteroatoms. The van der Waals surface area contributed by atoms with Crippen molar-refractivity contribution in [2.45, 2.75) is 97.8 Å². The van der Waals surface area contributed by atoms with Gasteiger partial charge in [0.1, 0.15) is 0 Å². The largest absolute Gasteiger partial charge is 0.453 e. The Hall–Kier alpha value is -0.830. The molecule has 6 nitrogen and oxygen atoms in total. The van der Waals surface area contributed by atoms with Crippen molar-refractivity contribution in [3.63, 3.8) is 0 Å². The van der Waals surface area contributed by atoms with Crippen molar-refractivity contribution in [1.29, 1.82) is 0 Å². The number of carbonyl (C=O) groups is 1. The number of hydrogen-bond donors (Lipinski definition) is 0. The minimum absolute atomic E-state index is 0.105. The number of methoxy groups -OCH3 is 1. The second-order valence-electron chi connectivity index (χ2n) is 12.7. The third-order valence-electron chi connectivity index (χ3n) is 8.11. The second-order valence-corrected chi connectivity index (χ2v) is 13.9. The lowest BCUT2D eigenvalue weighted by molar-refractivity contribution is -0.249. The van der Waals surface area contributed by atoms with E-state index in [2.05, 4.69) is 48.0 Å². The first kappa shape index (κ1) is 24.3. The number of amides is 1. The van der Waals surface area contributed by atoms with Crippen molar-refractivity contribution in [3.8, 4) is 0 Å². The third-order valence-corrected chi connectivity index (χ3v) is 9.17. The highest BCUT2D eigenvalue weighted by Gasteiger charge is 2.66. The van der Waals surface area contributed by atoms with Gasteiger partial charge in [-0.3, -0.25) is 4.68 Å². The van der Waals surface area contributed by atoms with Gasteiger partial charge in [-0.25, -0.2) is 4.79 Å². The summed E-state index contributed by atoms with van der Waals surface area (Å²) in [7, 11) is 1.45. The smallest absolute Gasteiger partial charge is 0.409 e. The lowest BCUT2D eigenvalue weighted by atomic mass is 9.39. The fourth-order valence-corrected chi connectivity index (χ4v) is 8.62. The Morgan fingerprint density at radius 3 is 2.28 bits per heavy atom. The number of carbonyl (C=O) groups excluding carboxylic acids is 1. The van der Waals surface area contributed by atoms with E-state index in [1.165, 1.54) is 35.6 Å². The molecule has 0 saturated heterocycles. The van der Waals surface area contributed by atoms with Gasteiger partial charge >= 0.3 is 6.09 Å². The molecule has 32 heavy (non-hydrogen) atoms. The normalized spacial score (nSPS) is 35.9. The molecule has 4 aliphatic carbocycles. The van der Waals surface area contributed by atoms with Gasteiger partial charge in [0.2, 0.25) is 0 Å². The number of ether oxygens (including phenoxy) is 2. The van der Waals surface area contributed by atoms with Crippen LogP contribution in [0.15, 0.2) is 6.20 Å². The minimum Gasteiger partial charge on any atom is -0.453 e. The fourth-order valence-electron chi connectivity index (χ4n) is 8.22. The zero-order valence-corrected chi connectivity index (χ0v) is 23.0. The predicted octanol–water partition coefficient (Wildman–Crippen LogP) is 5.80. The molecule has 0 aliphatic heterocycles. The first-order valence-electron chi connectivity index (χ1n) is 11.9. The standard InChI is InChI=1S/C25H40IN3O3/c1-18-19(26)10-27-29(18)17-24-12-22(5)11-23(6,13-24)15-25(14-22,16-24)32-9-8-28(20(30)31-7)21(2,3)4/h10H,8-9,11-17H2,1-7H3. The Kier molecular flexibility index (Phi) is 5.96. The van der Waals surface area contributed by atoms with Crippen LogP contribution >= 0.6 is 22.6 Å². The van der Waals surface area contributed by atoms with Gasteiger partial charge in [-0.15, -0.1) is 0 Å². The summed E-state index contributed by atoms with van der Waals surface area (Å²) in [6.45, 7) is 15.3. The highest BCUT2D eigenvalue weighted by atomic mass is 127. The maximum Gasteiger partial charge on any atom is 0.409 e. The van der Waals surface area contributed by atoms with Crippen molar-refractivity contribution >= 4 is 28.7 Å². The van der Waals surface area contributed by atoms with Gasteiger partial charge in [0.25, 0.3) is 0 Å². The summed E-state index contributed by atoms with van der Waals surface area (Å²) < 4.78 is 15.3. The number of rotatable bonds is 6. The van der Waals surface area contributed by atoms with E-state index in [-0.39, 0.29) is 22.6 Å². The van der Waals surface area contributed by atoms with Crippen molar-refractivity contribution in [1.82, 2.24) is 14.7 Å². The summed E-state index contributed by atoms with van der Waals surface area (Å²) >= 11 is 2.38. The zero-order chi connectivity index (χ0) is 23.6. The van der Waals surface area contributed by atoms with Gasteiger partial charge in [0.15, 0.2) is 0 Å². The van der Waals surface area contributed by atoms with E-state index in [1.807, 2.05) is 27.0 Å². The molecular weight excluding hydrogens is 517 g/mol. The summed E-state index contributed by atoms with van der Waals surface area (Å²) in [5.41, 5.74) is 1.71. The molecule has 5 rings (SSSR count). The lowest BCUT2D eigenvalue weighted by Crippen LogP contribution is -2.64. The van der Waals surface area contributed by atoms with Gasteiger partial charge < -0.3 is 14.4 Å².